The first-order valence-electron chi connectivity index (χ1n) is 5.71. The molecule has 1 aliphatic heterocycles. The fourth-order valence-electron chi connectivity index (χ4n) is 3.37. The minimum atomic E-state index is -0.130. The van der Waals surface area contributed by atoms with E-state index in [4.69, 9.17) is 0 Å². The van der Waals surface area contributed by atoms with Gasteiger partial charge < -0.3 is 4.79 Å². The second kappa shape index (κ2) is 3.27. The van der Waals surface area contributed by atoms with E-state index in [1.165, 1.54) is 4.90 Å². The monoisotopic (exact) mass is 219 g/mol. The summed E-state index contributed by atoms with van der Waals surface area (Å²) in [4.78, 5) is 35.7. The van der Waals surface area contributed by atoms with Crippen LogP contribution in [0.2, 0.25) is 0 Å². The summed E-state index contributed by atoms with van der Waals surface area (Å²) in [6.45, 7) is 0.258. The summed E-state index contributed by atoms with van der Waals surface area (Å²) in [6, 6.07) is 0. The third-order valence-corrected chi connectivity index (χ3v) is 4.03. The van der Waals surface area contributed by atoms with Crippen molar-refractivity contribution in [3.63, 3.8) is 0 Å². The van der Waals surface area contributed by atoms with E-state index in [2.05, 4.69) is 12.2 Å². The van der Waals surface area contributed by atoms with Gasteiger partial charge in [-0.15, -0.1) is 0 Å². The number of aldehydes is 1. The van der Waals surface area contributed by atoms with Crippen LogP contribution in [-0.4, -0.2) is 29.5 Å². The average Bonchev–Trinajstić information content (AvgIpc) is 2.92. The zero-order valence-corrected chi connectivity index (χ0v) is 8.83. The number of amides is 2. The second-order valence-corrected chi connectivity index (χ2v) is 4.78. The fourth-order valence-corrected chi connectivity index (χ4v) is 3.37. The predicted octanol–water partition coefficient (Wildman–Crippen LogP) is 0.383. The highest BCUT2D eigenvalue weighted by atomic mass is 16.2. The van der Waals surface area contributed by atoms with Gasteiger partial charge in [-0.25, -0.2) is 0 Å². The third kappa shape index (κ3) is 1.07. The Balaban J connectivity index is 1.86. The molecule has 3 rings (SSSR count). The van der Waals surface area contributed by atoms with Crippen LogP contribution >= 0.6 is 0 Å². The van der Waals surface area contributed by atoms with Crippen LogP contribution in [0.3, 0.4) is 0 Å². The maximum absolute atomic E-state index is 12.0. The van der Waals surface area contributed by atoms with Gasteiger partial charge in [-0.3, -0.25) is 14.5 Å². The largest absolute Gasteiger partial charge is 0.303 e. The molecule has 2 aliphatic carbocycles. The van der Waals surface area contributed by atoms with E-state index >= 15 is 0 Å². The molecule has 4 nitrogen and oxygen atoms in total. The van der Waals surface area contributed by atoms with Crippen LogP contribution in [0.5, 0.6) is 0 Å². The lowest BCUT2D eigenvalue weighted by Crippen LogP contribution is -2.33. The standard InChI is InChI=1S/C12H13NO3/c14-5-1-4-13-11(15)9-7-2-3-8(6-7)10(9)12(13)16/h2-3,5,7-10H,1,4,6H2. The summed E-state index contributed by atoms with van der Waals surface area (Å²) in [5.41, 5.74) is 0. The summed E-state index contributed by atoms with van der Waals surface area (Å²) in [5, 5.41) is 0. The number of carbonyl (C=O) groups is 3. The molecule has 84 valence electrons. The molecule has 2 amide bonds. The Hall–Kier alpha value is -1.45. The fraction of sp³-hybridized carbons (Fsp3) is 0.583. The number of carbonyl (C=O) groups excluding carboxylic acids is 3. The smallest absolute Gasteiger partial charge is 0.233 e. The molecule has 4 heteroatoms. The van der Waals surface area contributed by atoms with Gasteiger partial charge in [-0.2, -0.15) is 0 Å². The van der Waals surface area contributed by atoms with E-state index in [9.17, 15) is 14.4 Å². The van der Waals surface area contributed by atoms with Gasteiger partial charge in [0.2, 0.25) is 11.8 Å². The predicted molar refractivity (Wildman–Crippen MR) is 55.1 cm³/mol. The molecule has 0 aromatic heterocycles. The van der Waals surface area contributed by atoms with Crippen molar-refractivity contribution in [2.24, 2.45) is 23.7 Å². The van der Waals surface area contributed by atoms with Crippen LogP contribution < -0.4 is 0 Å². The Labute approximate surface area is 93.3 Å². The van der Waals surface area contributed by atoms with Crippen molar-refractivity contribution in [1.82, 2.24) is 4.90 Å². The zero-order valence-electron chi connectivity index (χ0n) is 8.83. The highest BCUT2D eigenvalue weighted by Gasteiger charge is 2.58. The number of rotatable bonds is 3. The van der Waals surface area contributed by atoms with Crippen LogP contribution in [-0.2, 0) is 14.4 Å². The van der Waals surface area contributed by atoms with Crippen molar-refractivity contribution >= 4 is 18.1 Å². The molecule has 0 aromatic rings. The van der Waals surface area contributed by atoms with Gasteiger partial charge in [0, 0.05) is 13.0 Å². The maximum atomic E-state index is 12.0. The van der Waals surface area contributed by atoms with E-state index in [1.54, 1.807) is 0 Å². The number of imide groups is 1. The summed E-state index contributed by atoms with van der Waals surface area (Å²) in [7, 11) is 0. The summed E-state index contributed by atoms with van der Waals surface area (Å²) < 4.78 is 0. The minimum absolute atomic E-state index is 0.0614. The molecule has 1 heterocycles. The molecule has 0 aromatic carbocycles. The lowest BCUT2D eigenvalue weighted by atomic mass is 9.85. The minimum Gasteiger partial charge on any atom is -0.303 e. The Kier molecular flexibility index (Phi) is 1.99. The van der Waals surface area contributed by atoms with Crippen LogP contribution in [0.1, 0.15) is 12.8 Å². The third-order valence-electron chi connectivity index (χ3n) is 4.03. The van der Waals surface area contributed by atoms with Gasteiger partial charge in [0.1, 0.15) is 6.29 Å². The van der Waals surface area contributed by atoms with Crippen molar-refractivity contribution in [2.45, 2.75) is 12.8 Å². The van der Waals surface area contributed by atoms with Gasteiger partial charge in [0.25, 0.3) is 0 Å². The van der Waals surface area contributed by atoms with Crippen molar-refractivity contribution in [3.8, 4) is 0 Å². The first-order valence-corrected chi connectivity index (χ1v) is 5.71. The summed E-state index contributed by atoms with van der Waals surface area (Å²) in [6.07, 6.45) is 6.09. The van der Waals surface area contributed by atoms with Crippen LogP contribution in [0.25, 0.3) is 0 Å². The Morgan fingerprint density at radius 2 is 1.75 bits per heavy atom. The zero-order chi connectivity index (χ0) is 11.3. The normalized spacial score (nSPS) is 39.6. The topological polar surface area (TPSA) is 54.5 Å². The molecule has 2 fully saturated rings. The number of hydrogen-bond acceptors (Lipinski definition) is 3. The molecule has 2 bridgehead atoms. The summed E-state index contributed by atoms with van der Waals surface area (Å²) >= 11 is 0. The molecule has 4 unspecified atom stereocenters. The molecule has 4 atom stereocenters. The highest BCUT2D eigenvalue weighted by molar-refractivity contribution is 6.06. The van der Waals surface area contributed by atoms with Crippen LogP contribution in [0, 0.1) is 23.7 Å². The average molecular weight is 219 g/mol. The lowest BCUT2D eigenvalue weighted by Gasteiger charge is -2.15. The van der Waals surface area contributed by atoms with Crippen LogP contribution in [0.15, 0.2) is 12.2 Å². The quantitative estimate of drug-likeness (QED) is 0.392. The Bertz CT molecular complexity index is 371. The van der Waals surface area contributed by atoms with Crippen LogP contribution in [0.4, 0.5) is 0 Å². The van der Waals surface area contributed by atoms with Crippen molar-refractivity contribution in [3.05, 3.63) is 12.2 Å². The molecule has 1 saturated carbocycles. The molecule has 1 saturated heterocycles. The SMILES string of the molecule is O=CCCN1C(=O)C2C3C=CC(C3)C2C1=O. The van der Waals surface area contributed by atoms with Gasteiger partial charge in [0.15, 0.2) is 0 Å². The van der Waals surface area contributed by atoms with Crippen molar-refractivity contribution in [2.75, 3.05) is 6.54 Å². The molecular weight excluding hydrogens is 206 g/mol. The number of hydrogen-bond donors (Lipinski definition) is 0. The van der Waals surface area contributed by atoms with E-state index < -0.39 is 0 Å². The molecule has 16 heavy (non-hydrogen) atoms. The first kappa shape index (κ1) is 9.75. The number of fused-ring (bicyclic) bond motifs is 5. The molecule has 0 spiro atoms. The molecular formula is C12H13NO3. The van der Waals surface area contributed by atoms with E-state index in [1.807, 2.05) is 0 Å². The number of nitrogens with zero attached hydrogens (tertiary/aromatic N) is 1. The lowest BCUT2D eigenvalue weighted by molar-refractivity contribution is -0.140. The molecule has 0 radical (unpaired) electrons. The maximum Gasteiger partial charge on any atom is 0.233 e. The van der Waals surface area contributed by atoms with Gasteiger partial charge in [-0.1, -0.05) is 12.2 Å². The molecule has 0 N–H and O–H groups in total. The first-order chi connectivity index (χ1) is 7.74. The second-order valence-electron chi connectivity index (χ2n) is 4.78. The van der Waals surface area contributed by atoms with E-state index in [0.717, 1.165) is 12.7 Å². The van der Waals surface area contributed by atoms with Crippen molar-refractivity contribution < 1.29 is 14.4 Å². The van der Waals surface area contributed by atoms with Gasteiger partial charge >= 0.3 is 0 Å². The number of allylic oxidation sites excluding steroid dienone is 2. The van der Waals surface area contributed by atoms with E-state index in [0.29, 0.717) is 0 Å². The van der Waals surface area contributed by atoms with Gasteiger partial charge in [0.05, 0.1) is 11.8 Å². The Morgan fingerprint density at radius 3 is 2.25 bits per heavy atom. The Morgan fingerprint density at radius 1 is 1.19 bits per heavy atom. The number of likely N-dealkylation sites (tertiary alicyclic amines) is 1. The molecule has 3 aliphatic rings. The van der Waals surface area contributed by atoms with Gasteiger partial charge in [-0.05, 0) is 18.3 Å². The van der Waals surface area contributed by atoms with E-state index in [-0.39, 0.29) is 48.5 Å². The highest BCUT2D eigenvalue weighted by Crippen LogP contribution is 2.52. The summed E-state index contributed by atoms with van der Waals surface area (Å²) in [5.74, 6) is 0.131. The van der Waals surface area contributed by atoms with Crippen molar-refractivity contribution in [1.29, 1.82) is 0 Å².